The molecule has 2 aromatic carbocycles. The zero-order chi connectivity index (χ0) is 16.6. The van der Waals surface area contributed by atoms with E-state index in [1.165, 1.54) is 22.3 Å². The number of rotatable bonds is 4. The molecule has 2 aromatic rings. The van der Waals surface area contributed by atoms with Crippen molar-refractivity contribution in [3.05, 3.63) is 44.5 Å². The van der Waals surface area contributed by atoms with E-state index in [4.69, 9.17) is 46.4 Å². The van der Waals surface area contributed by atoms with Gasteiger partial charge in [0.15, 0.2) is 0 Å². The normalized spacial score (nSPS) is 11.5. The van der Waals surface area contributed by atoms with Crippen molar-refractivity contribution in [2.24, 2.45) is 0 Å². The molecule has 0 saturated heterocycles. The Bertz CT molecular complexity index is 611. The second-order valence-corrected chi connectivity index (χ2v) is 6.77. The van der Waals surface area contributed by atoms with E-state index in [-0.39, 0.29) is 0 Å². The van der Waals surface area contributed by atoms with Gasteiger partial charge in [0.05, 0.1) is 0 Å². The van der Waals surface area contributed by atoms with E-state index in [1.54, 1.807) is 0 Å². The summed E-state index contributed by atoms with van der Waals surface area (Å²) < 4.78 is 0. The lowest BCUT2D eigenvalue weighted by Gasteiger charge is -2.24. The summed E-state index contributed by atoms with van der Waals surface area (Å²) >= 11 is 25.1. The zero-order valence-electron chi connectivity index (χ0n) is 13.3. The van der Waals surface area contributed by atoms with Crippen LogP contribution in [0.15, 0.2) is 0 Å². The Balaban J connectivity index is 3.23. The fourth-order valence-electron chi connectivity index (χ4n) is 3.29. The lowest BCUT2D eigenvalue weighted by atomic mass is 9.83. The number of alkyl halides is 4. The highest BCUT2D eigenvalue weighted by atomic mass is 35.5. The standard InChI is InChI=1S/C18H20Cl4/c1-9-10(2)14(6-20)18-16(8-22)12(4)11(3)15(7-21)17(18)13(9)5-19/h5-8H2,1-4H3. The summed E-state index contributed by atoms with van der Waals surface area (Å²) in [6.07, 6.45) is 0. The van der Waals surface area contributed by atoms with Crippen molar-refractivity contribution in [2.45, 2.75) is 51.2 Å². The van der Waals surface area contributed by atoms with Gasteiger partial charge in [-0.15, -0.1) is 46.4 Å². The molecule has 0 aliphatic rings. The van der Waals surface area contributed by atoms with Gasteiger partial charge in [-0.3, -0.25) is 0 Å². The average Bonchev–Trinajstić information content (AvgIpc) is 2.51. The van der Waals surface area contributed by atoms with E-state index < -0.39 is 0 Å². The minimum Gasteiger partial charge on any atom is -0.122 e. The van der Waals surface area contributed by atoms with Crippen LogP contribution in [0.3, 0.4) is 0 Å². The highest BCUT2D eigenvalue weighted by Gasteiger charge is 2.21. The fraction of sp³-hybridized carbons (Fsp3) is 0.444. The van der Waals surface area contributed by atoms with Crippen molar-refractivity contribution < 1.29 is 0 Å². The largest absolute Gasteiger partial charge is 0.122 e. The molecule has 120 valence electrons. The maximum atomic E-state index is 6.29. The molecule has 0 unspecified atom stereocenters. The van der Waals surface area contributed by atoms with Crippen LogP contribution in [0.25, 0.3) is 10.8 Å². The molecule has 0 N–H and O–H groups in total. The predicted octanol–water partition coefficient (Wildman–Crippen LogP) is 7.03. The third-order valence-electron chi connectivity index (χ3n) is 4.93. The fourth-order valence-corrected chi connectivity index (χ4v) is 4.63. The van der Waals surface area contributed by atoms with E-state index in [2.05, 4.69) is 27.7 Å². The molecule has 0 radical (unpaired) electrons. The summed E-state index contributed by atoms with van der Waals surface area (Å²) in [5, 5.41) is 2.31. The van der Waals surface area contributed by atoms with Crippen LogP contribution in [-0.4, -0.2) is 0 Å². The van der Waals surface area contributed by atoms with E-state index in [9.17, 15) is 0 Å². The van der Waals surface area contributed by atoms with Crippen molar-refractivity contribution >= 4 is 57.2 Å². The third kappa shape index (κ3) is 2.63. The first-order valence-corrected chi connectivity index (χ1v) is 9.37. The SMILES string of the molecule is Cc1c(C)c(CCl)c2c(CCl)c(C)c(C)c(CCl)c2c1CCl. The van der Waals surface area contributed by atoms with Crippen LogP contribution in [0.4, 0.5) is 0 Å². The summed E-state index contributed by atoms with van der Waals surface area (Å²) in [7, 11) is 0. The number of hydrogen-bond acceptors (Lipinski definition) is 0. The molecule has 0 atom stereocenters. The summed E-state index contributed by atoms with van der Waals surface area (Å²) in [5.41, 5.74) is 9.39. The number of hydrogen-bond donors (Lipinski definition) is 0. The van der Waals surface area contributed by atoms with Gasteiger partial charge in [0.1, 0.15) is 0 Å². The van der Waals surface area contributed by atoms with Crippen LogP contribution >= 0.6 is 46.4 Å². The Morgan fingerprint density at radius 3 is 0.773 bits per heavy atom. The van der Waals surface area contributed by atoms with E-state index in [1.807, 2.05) is 0 Å². The van der Waals surface area contributed by atoms with Gasteiger partial charge in [-0.05, 0) is 83.0 Å². The molecule has 0 saturated carbocycles. The predicted molar refractivity (Wildman–Crippen MR) is 101 cm³/mol. The maximum absolute atomic E-state index is 6.29. The van der Waals surface area contributed by atoms with Crippen LogP contribution in [0.5, 0.6) is 0 Å². The Morgan fingerprint density at radius 2 is 0.636 bits per heavy atom. The molecule has 0 spiro atoms. The lowest BCUT2D eigenvalue weighted by molar-refractivity contribution is 1.17. The summed E-state index contributed by atoms with van der Waals surface area (Å²) in [5.74, 6) is 1.83. The van der Waals surface area contributed by atoms with Gasteiger partial charge in [-0.1, -0.05) is 0 Å². The number of halogens is 4. The van der Waals surface area contributed by atoms with Crippen LogP contribution in [-0.2, 0) is 23.5 Å². The first-order chi connectivity index (χ1) is 10.4. The van der Waals surface area contributed by atoms with Crippen LogP contribution in [0.1, 0.15) is 44.5 Å². The lowest BCUT2D eigenvalue weighted by Crippen LogP contribution is -2.06. The van der Waals surface area contributed by atoms with Crippen molar-refractivity contribution in [1.29, 1.82) is 0 Å². The van der Waals surface area contributed by atoms with Crippen molar-refractivity contribution in [3.8, 4) is 0 Å². The Labute approximate surface area is 152 Å². The quantitative estimate of drug-likeness (QED) is 0.501. The summed E-state index contributed by atoms with van der Waals surface area (Å²) in [6.45, 7) is 8.43. The number of fused-ring (bicyclic) bond motifs is 1. The Morgan fingerprint density at radius 1 is 0.455 bits per heavy atom. The second-order valence-electron chi connectivity index (χ2n) is 5.70. The molecular formula is C18H20Cl4. The molecule has 4 heteroatoms. The average molecular weight is 378 g/mol. The van der Waals surface area contributed by atoms with Crippen molar-refractivity contribution in [3.63, 3.8) is 0 Å². The van der Waals surface area contributed by atoms with Gasteiger partial charge in [0.2, 0.25) is 0 Å². The highest BCUT2D eigenvalue weighted by molar-refractivity contribution is 6.23. The first-order valence-electron chi connectivity index (χ1n) is 7.23. The van der Waals surface area contributed by atoms with Gasteiger partial charge in [-0.2, -0.15) is 0 Å². The molecule has 0 fully saturated rings. The minimum absolute atomic E-state index is 0.458. The van der Waals surface area contributed by atoms with E-state index >= 15 is 0 Å². The Kier molecular flexibility index (Phi) is 5.94. The molecule has 2 rings (SSSR count). The van der Waals surface area contributed by atoms with Gasteiger partial charge in [0.25, 0.3) is 0 Å². The van der Waals surface area contributed by atoms with Gasteiger partial charge in [-0.25, -0.2) is 0 Å². The Hall–Kier alpha value is -0.140. The number of benzene rings is 2. The second kappa shape index (κ2) is 7.18. The molecule has 0 aliphatic heterocycles. The van der Waals surface area contributed by atoms with Crippen LogP contribution in [0, 0.1) is 27.7 Å². The molecule has 0 bridgehead atoms. The minimum atomic E-state index is 0.458. The van der Waals surface area contributed by atoms with Gasteiger partial charge in [0, 0.05) is 23.5 Å². The maximum Gasteiger partial charge on any atom is 0.0483 e. The van der Waals surface area contributed by atoms with Gasteiger partial charge >= 0.3 is 0 Å². The summed E-state index contributed by atoms with van der Waals surface area (Å²) in [6, 6.07) is 0. The topological polar surface area (TPSA) is 0 Å². The van der Waals surface area contributed by atoms with Gasteiger partial charge < -0.3 is 0 Å². The summed E-state index contributed by atoms with van der Waals surface area (Å²) in [4.78, 5) is 0. The molecule has 0 heterocycles. The first kappa shape index (κ1) is 18.2. The van der Waals surface area contributed by atoms with Crippen LogP contribution in [0.2, 0.25) is 0 Å². The molecule has 0 aliphatic carbocycles. The smallest absolute Gasteiger partial charge is 0.0483 e. The van der Waals surface area contributed by atoms with Crippen molar-refractivity contribution in [2.75, 3.05) is 0 Å². The van der Waals surface area contributed by atoms with E-state index in [0.717, 1.165) is 33.0 Å². The monoisotopic (exact) mass is 376 g/mol. The van der Waals surface area contributed by atoms with Crippen LogP contribution < -0.4 is 0 Å². The zero-order valence-corrected chi connectivity index (χ0v) is 16.4. The molecule has 0 aromatic heterocycles. The van der Waals surface area contributed by atoms with E-state index in [0.29, 0.717) is 23.5 Å². The molecular weight excluding hydrogens is 358 g/mol. The molecule has 0 nitrogen and oxygen atoms in total. The highest BCUT2D eigenvalue weighted by Crippen LogP contribution is 2.40. The van der Waals surface area contributed by atoms with Crippen molar-refractivity contribution in [1.82, 2.24) is 0 Å². The third-order valence-corrected chi connectivity index (χ3v) is 6.00. The molecule has 0 amide bonds. The molecule has 22 heavy (non-hydrogen) atoms.